The molecule has 7 nitrogen and oxygen atoms in total. The highest BCUT2D eigenvalue weighted by Crippen LogP contribution is 2.24. The van der Waals surface area contributed by atoms with Crippen molar-refractivity contribution in [2.75, 3.05) is 14.2 Å². The summed E-state index contributed by atoms with van der Waals surface area (Å²) in [7, 11) is 2.87. The molecule has 3 rings (SSSR count). The molecular formula is C23H22F2N2O5. The van der Waals surface area contributed by atoms with Gasteiger partial charge in [-0.1, -0.05) is 6.07 Å². The maximum Gasteiger partial charge on any atom is 0.339 e. The standard InChI is InChI=1S/C23H22F2N2O5/c1-12-15-6-5-14(31-3)11-19(15)32-23(30)16(12)7-9-20(28)27-21(22(29)26-2)13-4-8-17(24)18(25)10-13/h4-6,8,10-11,21H,7,9H2,1-3H3,(H,26,29)(H,27,28). The lowest BCUT2D eigenvalue weighted by atomic mass is 10.0. The Kier molecular flexibility index (Phi) is 6.87. The first-order valence-corrected chi connectivity index (χ1v) is 9.81. The van der Waals surface area contributed by atoms with Crippen LogP contribution in [0.2, 0.25) is 0 Å². The number of amides is 2. The van der Waals surface area contributed by atoms with Crippen molar-refractivity contribution in [1.82, 2.24) is 10.6 Å². The van der Waals surface area contributed by atoms with E-state index in [1.807, 2.05) is 0 Å². The Hall–Kier alpha value is -3.75. The minimum atomic E-state index is -1.22. The Morgan fingerprint density at radius 3 is 2.53 bits per heavy atom. The van der Waals surface area contributed by atoms with Crippen LogP contribution in [-0.2, 0) is 16.0 Å². The van der Waals surface area contributed by atoms with E-state index in [4.69, 9.17) is 9.15 Å². The quantitative estimate of drug-likeness (QED) is 0.546. The third kappa shape index (κ3) is 4.77. The maximum absolute atomic E-state index is 13.6. The average Bonchev–Trinajstić information content (AvgIpc) is 2.78. The summed E-state index contributed by atoms with van der Waals surface area (Å²) >= 11 is 0. The number of methoxy groups -OCH3 is 1. The second-order valence-corrected chi connectivity index (χ2v) is 7.14. The summed E-state index contributed by atoms with van der Waals surface area (Å²) in [5.41, 5.74) is 0.904. The Morgan fingerprint density at radius 1 is 1.12 bits per heavy atom. The van der Waals surface area contributed by atoms with Gasteiger partial charge in [0, 0.05) is 30.5 Å². The molecule has 0 saturated carbocycles. The number of likely N-dealkylation sites (N-methyl/N-ethyl adjacent to an activating group) is 1. The van der Waals surface area contributed by atoms with Crippen LogP contribution >= 0.6 is 0 Å². The highest BCUT2D eigenvalue weighted by molar-refractivity contribution is 5.88. The predicted molar refractivity (Wildman–Crippen MR) is 113 cm³/mol. The first kappa shape index (κ1) is 22.9. The van der Waals surface area contributed by atoms with Gasteiger partial charge in [-0.2, -0.15) is 0 Å². The van der Waals surface area contributed by atoms with Gasteiger partial charge in [0.25, 0.3) is 0 Å². The predicted octanol–water partition coefficient (Wildman–Crippen LogP) is 2.92. The van der Waals surface area contributed by atoms with Crippen LogP contribution in [0.4, 0.5) is 8.78 Å². The Morgan fingerprint density at radius 2 is 1.88 bits per heavy atom. The van der Waals surface area contributed by atoms with E-state index in [1.54, 1.807) is 25.1 Å². The van der Waals surface area contributed by atoms with Crippen molar-refractivity contribution in [3.63, 3.8) is 0 Å². The fourth-order valence-corrected chi connectivity index (χ4v) is 3.40. The number of hydrogen-bond donors (Lipinski definition) is 2. The third-order valence-electron chi connectivity index (χ3n) is 5.19. The molecule has 32 heavy (non-hydrogen) atoms. The van der Waals surface area contributed by atoms with Crippen molar-refractivity contribution in [3.8, 4) is 5.75 Å². The maximum atomic E-state index is 13.6. The summed E-state index contributed by atoms with van der Waals surface area (Å²) < 4.78 is 37.3. The molecule has 0 aliphatic heterocycles. The lowest BCUT2D eigenvalue weighted by Gasteiger charge is -2.18. The second kappa shape index (κ2) is 9.59. The van der Waals surface area contributed by atoms with Gasteiger partial charge in [0.05, 0.1) is 7.11 Å². The molecule has 168 valence electrons. The molecule has 0 fully saturated rings. The SMILES string of the molecule is CNC(=O)C(NC(=O)CCc1c(C)c2ccc(OC)cc2oc1=O)c1ccc(F)c(F)c1. The first-order valence-electron chi connectivity index (χ1n) is 9.81. The Bertz CT molecular complexity index is 1240. The summed E-state index contributed by atoms with van der Waals surface area (Å²) in [4.78, 5) is 37.2. The fraction of sp³-hybridized carbons (Fsp3) is 0.261. The van der Waals surface area contributed by atoms with Gasteiger partial charge in [-0.25, -0.2) is 13.6 Å². The van der Waals surface area contributed by atoms with E-state index >= 15 is 0 Å². The summed E-state index contributed by atoms with van der Waals surface area (Å²) in [5, 5.41) is 5.60. The van der Waals surface area contributed by atoms with Gasteiger partial charge in [0.2, 0.25) is 11.8 Å². The molecule has 1 heterocycles. The van der Waals surface area contributed by atoms with Crippen molar-refractivity contribution < 1.29 is 27.5 Å². The molecule has 0 saturated heterocycles. The topological polar surface area (TPSA) is 97.6 Å². The highest BCUT2D eigenvalue weighted by Gasteiger charge is 2.23. The molecule has 2 aromatic carbocycles. The van der Waals surface area contributed by atoms with E-state index < -0.39 is 35.1 Å². The number of ether oxygens (including phenoxy) is 1. The van der Waals surface area contributed by atoms with Gasteiger partial charge in [-0.3, -0.25) is 9.59 Å². The number of carbonyl (C=O) groups excluding carboxylic acids is 2. The summed E-state index contributed by atoms with van der Waals surface area (Å²) in [5.74, 6) is -2.79. The summed E-state index contributed by atoms with van der Waals surface area (Å²) in [6.07, 6.45) is -0.0509. The minimum Gasteiger partial charge on any atom is -0.497 e. The summed E-state index contributed by atoms with van der Waals surface area (Å²) in [6, 6.07) is 6.84. The molecule has 3 aromatic rings. The van der Waals surface area contributed by atoms with Crippen LogP contribution in [0.25, 0.3) is 11.0 Å². The summed E-state index contributed by atoms with van der Waals surface area (Å²) in [6.45, 7) is 1.76. The molecule has 0 spiro atoms. The van der Waals surface area contributed by atoms with Gasteiger partial charge in [0.1, 0.15) is 17.4 Å². The van der Waals surface area contributed by atoms with Crippen LogP contribution in [0.15, 0.2) is 45.6 Å². The lowest BCUT2D eigenvalue weighted by Crippen LogP contribution is -2.39. The Balaban J connectivity index is 1.79. The largest absolute Gasteiger partial charge is 0.497 e. The van der Waals surface area contributed by atoms with Crippen molar-refractivity contribution >= 4 is 22.8 Å². The van der Waals surface area contributed by atoms with E-state index in [0.29, 0.717) is 27.8 Å². The van der Waals surface area contributed by atoms with Crippen molar-refractivity contribution in [2.45, 2.75) is 25.8 Å². The second-order valence-electron chi connectivity index (χ2n) is 7.14. The van der Waals surface area contributed by atoms with Crippen LogP contribution in [0.5, 0.6) is 5.75 Å². The monoisotopic (exact) mass is 444 g/mol. The van der Waals surface area contributed by atoms with E-state index in [-0.39, 0.29) is 18.4 Å². The molecule has 2 N–H and O–H groups in total. The fourth-order valence-electron chi connectivity index (χ4n) is 3.40. The van der Waals surface area contributed by atoms with Crippen LogP contribution < -0.4 is 21.0 Å². The molecule has 0 aliphatic carbocycles. The highest BCUT2D eigenvalue weighted by atomic mass is 19.2. The zero-order valence-electron chi connectivity index (χ0n) is 17.8. The number of rotatable bonds is 7. The lowest BCUT2D eigenvalue weighted by molar-refractivity contribution is -0.128. The normalized spacial score (nSPS) is 11.8. The number of benzene rings is 2. The van der Waals surface area contributed by atoms with E-state index in [2.05, 4.69) is 10.6 Å². The van der Waals surface area contributed by atoms with Crippen LogP contribution in [0.3, 0.4) is 0 Å². The zero-order valence-corrected chi connectivity index (χ0v) is 17.8. The average molecular weight is 444 g/mol. The van der Waals surface area contributed by atoms with Crippen molar-refractivity contribution in [3.05, 3.63) is 75.1 Å². The van der Waals surface area contributed by atoms with Crippen molar-refractivity contribution in [1.29, 1.82) is 0 Å². The molecule has 9 heteroatoms. The van der Waals surface area contributed by atoms with Gasteiger partial charge in [0.15, 0.2) is 11.6 Å². The number of halogens is 2. The zero-order chi connectivity index (χ0) is 23.4. The number of hydrogen-bond acceptors (Lipinski definition) is 5. The minimum absolute atomic E-state index is 0.0697. The number of fused-ring (bicyclic) bond motifs is 1. The Labute approximate surface area is 182 Å². The first-order chi connectivity index (χ1) is 15.2. The van der Waals surface area contributed by atoms with E-state index in [1.165, 1.54) is 20.2 Å². The van der Waals surface area contributed by atoms with Crippen LogP contribution in [-0.4, -0.2) is 26.0 Å². The smallest absolute Gasteiger partial charge is 0.339 e. The molecule has 0 bridgehead atoms. The van der Waals surface area contributed by atoms with Crippen molar-refractivity contribution in [2.24, 2.45) is 0 Å². The van der Waals surface area contributed by atoms with E-state index in [9.17, 15) is 23.2 Å². The third-order valence-corrected chi connectivity index (χ3v) is 5.19. The molecular weight excluding hydrogens is 422 g/mol. The van der Waals surface area contributed by atoms with Gasteiger partial charge in [-0.05, 0) is 48.7 Å². The van der Waals surface area contributed by atoms with Crippen LogP contribution in [0, 0.1) is 18.6 Å². The molecule has 0 radical (unpaired) electrons. The number of nitrogens with one attached hydrogen (secondary N) is 2. The molecule has 0 aliphatic rings. The van der Waals surface area contributed by atoms with E-state index in [0.717, 1.165) is 12.1 Å². The number of aryl methyl sites for hydroxylation is 1. The van der Waals surface area contributed by atoms with Gasteiger partial charge >= 0.3 is 5.63 Å². The van der Waals surface area contributed by atoms with Crippen LogP contribution in [0.1, 0.15) is 29.2 Å². The number of carbonyl (C=O) groups is 2. The molecule has 1 atom stereocenters. The molecule has 2 amide bonds. The molecule has 1 aromatic heterocycles. The van der Waals surface area contributed by atoms with Gasteiger partial charge in [-0.15, -0.1) is 0 Å². The molecule has 1 unspecified atom stereocenters. The van der Waals surface area contributed by atoms with Gasteiger partial charge < -0.3 is 19.8 Å².